The third-order valence-electron chi connectivity index (χ3n) is 3.13. The number of thiazole rings is 1. The van der Waals surface area contributed by atoms with E-state index in [1.807, 2.05) is 26.0 Å². The first-order valence-electron chi connectivity index (χ1n) is 7.24. The fourth-order valence-electron chi connectivity index (χ4n) is 1.85. The largest absolute Gasteiger partial charge is 0.451 e. The lowest BCUT2D eigenvalue weighted by Crippen LogP contribution is -2.06. The Morgan fingerprint density at radius 1 is 1.29 bits per heavy atom. The first-order chi connectivity index (χ1) is 11.5. The summed E-state index contributed by atoms with van der Waals surface area (Å²) in [6, 6.07) is 7.25. The van der Waals surface area contributed by atoms with Crippen molar-refractivity contribution in [3.8, 4) is 10.6 Å². The number of aromatic nitrogens is 3. The summed E-state index contributed by atoms with van der Waals surface area (Å²) in [5.74, 6) is 0.467. The van der Waals surface area contributed by atoms with Gasteiger partial charge in [0, 0.05) is 21.9 Å². The van der Waals surface area contributed by atoms with Crippen LogP contribution in [0.1, 0.15) is 42.0 Å². The summed E-state index contributed by atoms with van der Waals surface area (Å²) in [6.07, 6.45) is 0. The van der Waals surface area contributed by atoms with E-state index >= 15 is 0 Å². The van der Waals surface area contributed by atoms with E-state index in [1.54, 1.807) is 17.5 Å². The first kappa shape index (κ1) is 16.6. The monoisotopic (exact) mass is 363 g/mol. The van der Waals surface area contributed by atoms with E-state index < -0.39 is 5.97 Å². The number of hydrogen-bond acceptors (Lipinski definition) is 7. The molecule has 0 aliphatic carbocycles. The van der Waals surface area contributed by atoms with Crippen LogP contribution in [-0.2, 0) is 11.3 Å². The highest BCUT2D eigenvalue weighted by atomic mass is 35.5. The molecule has 8 heteroatoms. The average Bonchev–Trinajstić information content (AvgIpc) is 3.23. The van der Waals surface area contributed by atoms with Crippen LogP contribution < -0.4 is 0 Å². The van der Waals surface area contributed by atoms with Crippen LogP contribution in [0.15, 0.2) is 34.2 Å². The molecule has 1 aromatic carbocycles. The van der Waals surface area contributed by atoms with Crippen molar-refractivity contribution in [3.63, 3.8) is 0 Å². The van der Waals surface area contributed by atoms with E-state index in [2.05, 4.69) is 15.1 Å². The maximum absolute atomic E-state index is 12.1. The van der Waals surface area contributed by atoms with Gasteiger partial charge < -0.3 is 9.26 Å². The second-order valence-corrected chi connectivity index (χ2v) is 6.62. The number of carbonyl (C=O) groups is 1. The molecule has 24 heavy (non-hydrogen) atoms. The van der Waals surface area contributed by atoms with Gasteiger partial charge in [0.25, 0.3) is 5.89 Å². The molecule has 0 aliphatic rings. The zero-order valence-corrected chi connectivity index (χ0v) is 14.6. The zero-order valence-electron chi connectivity index (χ0n) is 13.0. The maximum atomic E-state index is 12.1. The second-order valence-electron chi connectivity index (χ2n) is 5.32. The zero-order chi connectivity index (χ0) is 17.1. The van der Waals surface area contributed by atoms with Crippen molar-refractivity contribution in [2.24, 2.45) is 0 Å². The lowest BCUT2D eigenvalue weighted by Gasteiger charge is -1.99. The fraction of sp³-hybridized carbons (Fsp3) is 0.250. The second kappa shape index (κ2) is 7.11. The highest BCUT2D eigenvalue weighted by molar-refractivity contribution is 7.13. The van der Waals surface area contributed by atoms with Gasteiger partial charge in [-0.1, -0.05) is 42.7 Å². The molecule has 0 amide bonds. The number of carbonyl (C=O) groups excluding carboxylic acids is 1. The van der Waals surface area contributed by atoms with Crippen molar-refractivity contribution >= 4 is 28.9 Å². The van der Waals surface area contributed by atoms with Crippen molar-refractivity contribution in [2.75, 3.05) is 0 Å². The molecule has 0 atom stereocenters. The van der Waals surface area contributed by atoms with Crippen molar-refractivity contribution in [3.05, 3.63) is 52.1 Å². The Balaban J connectivity index is 1.64. The summed E-state index contributed by atoms with van der Waals surface area (Å²) in [5.41, 5.74) is 1.13. The molecule has 124 valence electrons. The molecule has 2 aromatic heterocycles. The molecular formula is C16H14ClN3O3S. The molecule has 3 rings (SSSR count). The molecule has 0 fully saturated rings. The quantitative estimate of drug-likeness (QED) is 0.628. The van der Waals surface area contributed by atoms with Crippen LogP contribution in [-0.4, -0.2) is 21.1 Å². The lowest BCUT2D eigenvalue weighted by molar-refractivity contribution is 0.0424. The third-order valence-corrected chi connectivity index (χ3v) is 4.27. The normalized spacial score (nSPS) is 11.0. The number of ether oxygens (including phenoxy) is 1. The molecule has 0 aliphatic heterocycles. The van der Waals surface area contributed by atoms with Gasteiger partial charge in [-0.2, -0.15) is 4.98 Å². The number of hydrogen-bond donors (Lipinski definition) is 0. The van der Waals surface area contributed by atoms with E-state index in [-0.39, 0.29) is 24.1 Å². The number of halogens is 1. The molecule has 3 aromatic rings. The Morgan fingerprint density at radius 2 is 2.04 bits per heavy atom. The molecule has 0 saturated carbocycles. The topological polar surface area (TPSA) is 78.1 Å². The van der Waals surface area contributed by atoms with Crippen LogP contribution in [0.25, 0.3) is 10.6 Å². The predicted octanol–water partition coefficient (Wildman–Crippen LogP) is 4.33. The standard InChI is InChI=1S/C16H14ClN3O3S/c1-9(2)14-19-13(23-20-14)7-22-16(21)12-8-24-15(18-12)10-3-5-11(17)6-4-10/h3-6,8-9H,7H2,1-2H3. The summed E-state index contributed by atoms with van der Waals surface area (Å²) in [5, 5.41) is 6.84. The Kier molecular flexibility index (Phi) is 4.92. The molecule has 6 nitrogen and oxygen atoms in total. The van der Waals surface area contributed by atoms with Crippen LogP contribution in [0.5, 0.6) is 0 Å². The third kappa shape index (κ3) is 3.80. The van der Waals surface area contributed by atoms with Crippen LogP contribution in [0.2, 0.25) is 5.02 Å². The number of rotatable bonds is 5. The highest BCUT2D eigenvalue weighted by Gasteiger charge is 2.16. The molecule has 0 radical (unpaired) electrons. The minimum Gasteiger partial charge on any atom is -0.451 e. The summed E-state index contributed by atoms with van der Waals surface area (Å²) in [7, 11) is 0. The van der Waals surface area contributed by atoms with Crippen LogP contribution in [0, 0.1) is 0 Å². The van der Waals surface area contributed by atoms with Crippen molar-refractivity contribution in [1.29, 1.82) is 0 Å². The van der Waals surface area contributed by atoms with Crippen LogP contribution in [0.4, 0.5) is 0 Å². The van der Waals surface area contributed by atoms with Gasteiger partial charge >= 0.3 is 5.97 Å². The maximum Gasteiger partial charge on any atom is 0.358 e. The Labute approximate surface area is 147 Å². The minimum atomic E-state index is -0.532. The van der Waals surface area contributed by atoms with E-state index in [1.165, 1.54) is 11.3 Å². The van der Waals surface area contributed by atoms with Gasteiger partial charge in [0.05, 0.1) is 0 Å². The first-order valence-corrected chi connectivity index (χ1v) is 8.50. The summed E-state index contributed by atoms with van der Waals surface area (Å²) >= 11 is 7.22. The van der Waals surface area contributed by atoms with Gasteiger partial charge in [-0.25, -0.2) is 9.78 Å². The van der Waals surface area contributed by atoms with Crippen molar-refractivity contribution in [2.45, 2.75) is 26.4 Å². The molecule has 0 bridgehead atoms. The van der Waals surface area contributed by atoms with Gasteiger partial charge in [-0.15, -0.1) is 11.3 Å². The van der Waals surface area contributed by atoms with Gasteiger partial charge in [0.1, 0.15) is 5.01 Å². The SMILES string of the molecule is CC(C)c1noc(COC(=O)c2csc(-c3ccc(Cl)cc3)n2)n1. The summed E-state index contributed by atoms with van der Waals surface area (Å²) in [6.45, 7) is 3.83. The van der Waals surface area contributed by atoms with E-state index in [9.17, 15) is 4.79 Å². The molecular weight excluding hydrogens is 350 g/mol. The number of esters is 1. The number of benzene rings is 1. The van der Waals surface area contributed by atoms with Gasteiger partial charge in [0.2, 0.25) is 0 Å². The van der Waals surface area contributed by atoms with E-state index in [0.29, 0.717) is 10.8 Å². The van der Waals surface area contributed by atoms with Crippen LogP contribution in [0.3, 0.4) is 0 Å². The van der Waals surface area contributed by atoms with Gasteiger partial charge in [-0.05, 0) is 12.1 Å². The highest BCUT2D eigenvalue weighted by Crippen LogP contribution is 2.25. The molecule has 0 spiro atoms. The lowest BCUT2D eigenvalue weighted by atomic mass is 10.2. The fourth-order valence-corrected chi connectivity index (χ4v) is 2.78. The smallest absolute Gasteiger partial charge is 0.358 e. The minimum absolute atomic E-state index is 0.0770. The molecule has 0 saturated heterocycles. The Hall–Kier alpha value is -2.25. The summed E-state index contributed by atoms with van der Waals surface area (Å²) in [4.78, 5) is 20.5. The predicted molar refractivity (Wildman–Crippen MR) is 90.1 cm³/mol. The van der Waals surface area contributed by atoms with E-state index in [4.69, 9.17) is 20.9 Å². The van der Waals surface area contributed by atoms with Gasteiger partial charge in [0.15, 0.2) is 18.1 Å². The average molecular weight is 364 g/mol. The van der Waals surface area contributed by atoms with Crippen LogP contribution >= 0.6 is 22.9 Å². The van der Waals surface area contributed by atoms with Crippen molar-refractivity contribution in [1.82, 2.24) is 15.1 Å². The molecule has 2 heterocycles. The Bertz CT molecular complexity index is 842. The van der Waals surface area contributed by atoms with E-state index in [0.717, 1.165) is 10.6 Å². The molecule has 0 N–H and O–H groups in total. The van der Waals surface area contributed by atoms with Gasteiger partial charge in [-0.3, -0.25) is 0 Å². The summed E-state index contributed by atoms with van der Waals surface area (Å²) < 4.78 is 10.2. The molecule has 0 unspecified atom stereocenters. The van der Waals surface area contributed by atoms with Crippen molar-refractivity contribution < 1.29 is 14.1 Å². The Morgan fingerprint density at radius 3 is 2.71 bits per heavy atom. The number of nitrogens with zero attached hydrogens (tertiary/aromatic N) is 3.